The average molecular weight is 517 g/mol. The first kappa shape index (κ1) is 25.2. The lowest BCUT2D eigenvalue weighted by molar-refractivity contribution is -0.189. The number of hydrogen-bond acceptors (Lipinski definition) is 8. The van der Waals surface area contributed by atoms with E-state index in [1.807, 2.05) is 6.07 Å². The summed E-state index contributed by atoms with van der Waals surface area (Å²) in [5.41, 5.74) is 1.39. The highest BCUT2D eigenvalue weighted by molar-refractivity contribution is 8.06. The van der Waals surface area contributed by atoms with Crippen molar-refractivity contribution in [1.82, 2.24) is 10.2 Å². The number of hydrogen-bond donors (Lipinski definition) is 2. The summed E-state index contributed by atoms with van der Waals surface area (Å²) in [7, 11) is 0. The second-order valence-corrected chi connectivity index (χ2v) is 8.55. The number of carbonyl (C=O) groups excluding carboxylic acids is 2. The number of aromatic hydroxyl groups is 1. The van der Waals surface area contributed by atoms with Crippen molar-refractivity contribution < 1.29 is 32.6 Å². The average Bonchev–Trinajstić information content (AvgIpc) is 3.31. The molecule has 1 saturated heterocycles. The molecule has 36 heavy (non-hydrogen) atoms. The molecule has 186 valence electrons. The number of alkyl halides is 3. The van der Waals surface area contributed by atoms with Gasteiger partial charge in [-0.1, -0.05) is 30.0 Å². The van der Waals surface area contributed by atoms with Crippen molar-refractivity contribution in [3.63, 3.8) is 0 Å². The lowest BCUT2D eigenvalue weighted by atomic mass is 10.1. The summed E-state index contributed by atoms with van der Waals surface area (Å²) in [4.78, 5) is 27.6. The van der Waals surface area contributed by atoms with Crippen molar-refractivity contribution in [2.24, 2.45) is 0 Å². The van der Waals surface area contributed by atoms with Crippen LogP contribution in [-0.2, 0) is 9.59 Å². The van der Waals surface area contributed by atoms with E-state index in [1.165, 1.54) is 6.07 Å². The molecule has 2 N–H and O–H groups in total. The fourth-order valence-electron chi connectivity index (χ4n) is 3.66. The molecule has 0 aliphatic carbocycles. The zero-order valence-corrected chi connectivity index (χ0v) is 19.4. The van der Waals surface area contributed by atoms with E-state index < -0.39 is 29.6 Å². The molecule has 2 aliphatic rings. The van der Waals surface area contributed by atoms with Crippen LogP contribution in [0.2, 0.25) is 0 Å². The van der Waals surface area contributed by atoms with Gasteiger partial charge in [-0.3, -0.25) is 4.79 Å². The monoisotopic (exact) mass is 516 g/mol. The van der Waals surface area contributed by atoms with Crippen LogP contribution in [0.4, 0.5) is 18.9 Å². The Bertz CT molecular complexity index is 1280. The smallest absolute Gasteiger partial charge is 0.491 e. The summed E-state index contributed by atoms with van der Waals surface area (Å²) in [5, 5.41) is 25.4. The third-order valence-electron chi connectivity index (χ3n) is 5.37. The number of nitrogens with zero attached hydrogens (tertiary/aromatic N) is 3. The summed E-state index contributed by atoms with van der Waals surface area (Å²) in [5.74, 6) is -4.20. The van der Waals surface area contributed by atoms with E-state index in [4.69, 9.17) is 0 Å². The standard InChI is InChI=1S/C24H19F3N4O4S/c25-24(26,27)23(34)35-20-7-6-15(12-19(20)32)18-14-36-22(31(18)16-4-2-1-3-5-16)17(13-28)21(33)30-10-8-29-9-11-30/h1-7,12,14,29,32H,8-11H2. The summed E-state index contributed by atoms with van der Waals surface area (Å²) < 4.78 is 41.9. The van der Waals surface area contributed by atoms with Gasteiger partial charge in [-0.05, 0) is 30.3 Å². The highest BCUT2D eigenvalue weighted by Gasteiger charge is 2.42. The maximum Gasteiger partial charge on any atom is 0.491 e. The van der Waals surface area contributed by atoms with Crippen molar-refractivity contribution in [1.29, 1.82) is 5.26 Å². The number of esters is 1. The topological polar surface area (TPSA) is 106 Å². The Labute approximate surface area is 208 Å². The van der Waals surface area contributed by atoms with Crippen LogP contribution < -0.4 is 15.0 Å². The highest BCUT2D eigenvalue weighted by Crippen LogP contribution is 2.45. The molecular formula is C24H19F3N4O4S. The zero-order valence-electron chi connectivity index (χ0n) is 18.6. The molecule has 2 aromatic carbocycles. The van der Waals surface area contributed by atoms with Crippen molar-refractivity contribution in [2.45, 2.75) is 6.18 Å². The molecule has 4 rings (SSSR count). The second-order valence-electron chi connectivity index (χ2n) is 7.70. The Kier molecular flexibility index (Phi) is 7.23. The van der Waals surface area contributed by atoms with Crippen LogP contribution in [0.3, 0.4) is 0 Å². The van der Waals surface area contributed by atoms with Gasteiger partial charge in [0, 0.05) is 42.8 Å². The van der Waals surface area contributed by atoms with Gasteiger partial charge in [0.25, 0.3) is 5.91 Å². The minimum atomic E-state index is -5.22. The number of nitriles is 1. The number of para-hydroxylation sites is 1. The van der Waals surface area contributed by atoms with Gasteiger partial charge in [-0.2, -0.15) is 18.4 Å². The summed E-state index contributed by atoms with van der Waals surface area (Å²) in [6.45, 7) is 2.14. The number of anilines is 1. The van der Waals surface area contributed by atoms with Crippen molar-refractivity contribution in [2.75, 3.05) is 31.1 Å². The molecule has 1 amide bonds. The predicted molar refractivity (Wildman–Crippen MR) is 126 cm³/mol. The first-order valence-electron chi connectivity index (χ1n) is 10.7. The number of amides is 1. The van der Waals surface area contributed by atoms with Gasteiger partial charge in [-0.25, -0.2) is 4.79 Å². The number of phenols is 1. The zero-order chi connectivity index (χ0) is 25.9. The Morgan fingerprint density at radius 3 is 2.42 bits per heavy atom. The van der Waals surface area contributed by atoms with Crippen LogP contribution >= 0.6 is 11.8 Å². The van der Waals surface area contributed by atoms with Crippen molar-refractivity contribution in [3.8, 4) is 17.6 Å². The van der Waals surface area contributed by atoms with Crippen LogP contribution in [0.5, 0.6) is 11.5 Å². The number of phenolic OH excluding ortho intramolecular Hbond substituents is 1. The SMILES string of the molecule is N#CC(C(=O)N1CCNCC1)=C1SC=C(c2ccc(OC(=O)C(F)(F)F)c(O)c2)N1c1ccccc1. The number of nitrogens with one attached hydrogen (secondary N) is 1. The third-order valence-corrected chi connectivity index (χ3v) is 6.32. The molecule has 2 aliphatic heterocycles. The van der Waals surface area contributed by atoms with Gasteiger partial charge < -0.3 is 25.0 Å². The molecule has 8 nitrogen and oxygen atoms in total. The number of piperazine rings is 1. The molecule has 0 radical (unpaired) electrons. The fourth-order valence-corrected chi connectivity index (χ4v) is 4.69. The van der Waals surface area contributed by atoms with E-state index in [1.54, 1.807) is 45.5 Å². The maximum atomic E-state index is 13.2. The summed E-state index contributed by atoms with van der Waals surface area (Å²) in [6.07, 6.45) is -5.22. The highest BCUT2D eigenvalue weighted by atomic mass is 32.2. The first-order chi connectivity index (χ1) is 17.2. The quantitative estimate of drug-likeness (QED) is 0.275. The normalized spacial score (nSPS) is 17.3. The predicted octanol–water partition coefficient (Wildman–Crippen LogP) is 3.58. The van der Waals surface area contributed by atoms with Gasteiger partial charge in [-0.15, -0.1) is 0 Å². The molecule has 1 fully saturated rings. The number of ether oxygens (including phenoxy) is 1. The Balaban J connectivity index is 1.72. The molecule has 2 aromatic rings. The van der Waals surface area contributed by atoms with E-state index >= 15 is 0 Å². The van der Waals surface area contributed by atoms with Gasteiger partial charge >= 0.3 is 12.1 Å². The van der Waals surface area contributed by atoms with Gasteiger partial charge in [0.2, 0.25) is 0 Å². The minimum Gasteiger partial charge on any atom is -0.504 e. The largest absolute Gasteiger partial charge is 0.504 e. The molecule has 0 unspecified atom stereocenters. The molecule has 0 atom stereocenters. The minimum absolute atomic E-state index is 0.0584. The van der Waals surface area contributed by atoms with Crippen LogP contribution in [0.1, 0.15) is 5.56 Å². The van der Waals surface area contributed by atoms with Crippen molar-refractivity contribution in [3.05, 3.63) is 70.1 Å². The van der Waals surface area contributed by atoms with Gasteiger partial charge in [0.15, 0.2) is 11.5 Å². The summed E-state index contributed by atoms with van der Waals surface area (Å²) >= 11 is 1.14. The molecule has 0 bridgehead atoms. The van der Waals surface area contributed by atoms with E-state index in [0.29, 0.717) is 48.2 Å². The summed E-state index contributed by atoms with van der Waals surface area (Å²) in [6, 6.07) is 14.5. The molecule has 0 saturated carbocycles. The Hall–Kier alpha value is -3.95. The number of rotatable bonds is 4. The number of carbonyl (C=O) groups is 2. The van der Waals surface area contributed by atoms with Crippen molar-refractivity contribution >= 4 is 35.0 Å². The van der Waals surface area contributed by atoms with E-state index in [2.05, 4.69) is 10.1 Å². The number of halogens is 3. The van der Waals surface area contributed by atoms with Crippen LogP contribution in [0.25, 0.3) is 5.70 Å². The van der Waals surface area contributed by atoms with Crippen LogP contribution in [0.15, 0.2) is 64.5 Å². The lowest BCUT2D eigenvalue weighted by Crippen LogP contribution is -2.47. The molecule has 2 heterocycles. The van der Waals surface area contributed by atoms with Gasteiger partial charge in [0.1, 0.15) is 16.7 Å². The van der Waals surface area contributed by atoms with E-state index in [-0.39, 0.29) is 5.57 Å². The lowest BCUT2D eigenvalue weighted by Gasteiger charge is -2.29. The maximum absolute atomic E-state index is 13.2. The Morgan fingerprint density at radius 1 is 1.11 bits per heavy atom. The van der Waals surface area contributed by atoms with Crippen LogP contribution in [0, 0.1) is 11.3 Å². The molecule has 0 spiro atoms. The van der Waals surface area contributed by atoms with Gasteiger partial charge in [0.05, 0.1) is 5.70 Å². The molecule has 0 aromatic heterocycles. The number of thioether (sulfide) groups is 1. The number of benzene rings is 2. The second kappa shape index (κ2) is 10.3. The van der Waals surface area contributed by atoms with E-state index in [9.17, 15) is 33.1 Å². The third kappa shape index (κ3) is 5.17. The molecular weight excluding hydrogens is 497 g/mol. The van der Waals surface area contributed by atoms with Crippen LogP contribution in [-0.4, -0.2) is 54.2 Å². The first-order valence-corrected chi connectivity index (χ1v) is 11.6. The molecule has 12 heteroatoms. The fraction of sp³-hybridized carbons (Fsp3) is 0.208. The Morgan fingerprint density at radius 2 is 1.81 bits per heavy atom. The van der Waals surface area contributed by atoms with E-state index in [0.717, 1.165) is 23.9 Å².